The molecule has 0 bridgehead atoms. The van der Waals surface area contributed by atoms with Gasteiger partial charge in [0.05, 0.1) is 17.4 Å². The monoisotopic (exact) mass is 565 g/mol. The molecule has 36 heavy (non-hydrogen) atoms. The Morgan fingerprint density at radius 3 is 2.19 bits per heavy atom. The molecule has 1 unspecified atom stereocenters. The maximum absolute atomic E-state index is 12.8. The lowest BCUT2D eigenvalue weighted by Crippen LogP contribution is -2.25. The number of amides is 2. The lowest BCUT2D eigenvalue weighted by molar-refractivity contribution is -0.136. The standard InChI is InChI=1S/C28H24BrNO5S/c1-2-15-34-27(32)24(16-18-3-9-21(29)10-4-18)20-7-13-23(14-8-20)35-22-11-5-19(6-12-22)17-25-26(31)30-28(33)36-25/h3-14,16,25H,2,15,17H2,1H3,(H,30,31,33)/b24-16+. The summed E-state index contributed by atoms with van der Waals surface area (Å²) in [5.74, 6) is 0.629. The largest absolute Gasteiger partial charge is 0.462 e. The molecule has 8 heteroatoms. The van der Waals surface area contributed by atoms with Crippen LogP contribution in [0.5, 0.6) is 11.5 Å². The van der Waals surface area contributed by atoms with Crippen LogP contribution in [0.4, 0.5) is 4.79 Å². The van der Waals surface area contributed by atoms with Gasteiger partial charge in [0.15, 0.2) is 0 Å². The van der Waals surface area contributed by atoms with E-state index in [0.29, 0.717) is 30.1 Å². The second kappa shape index (κ2) is 12.1. The first kappa shape index (κ1) is 25.7. The number of benzene rings is 3. The number of thioether (sulfide) groups is 1. The van der Waals surface area contributed by atoms with Gasteiger partial charge in [-0.25, -0.2) is 4.79 Å². The van der Waals surface area contributed by atoms with Crippen molar-refractivity contribution in [1.29, 1.82) is 0 Å². The fraction of sp³-hybridized carbons (Fsp3) is 0.179. The van der Waals surface area contributed by atoms with Crippen LogP contribution in [-0.2, 0) is 20.7 Å². The fourth-order valence-electron chi connectivity index (χ4n) is 3.53. The third-order valence-corrected chi connectivity index (χ3v) is 6.86. The maximum Gasteiger partial charge on any atom is 0.338 e. The minimum Gasteiger partial charge on any atom is -0.462 e. The number of hydrogen-bond acceptors (Lipinski definition) is 6. The van der Waals surface area contributed by atoms with Crippen LogP contribution in [0.25, 0.3) is 11.6 Å². The fourth-order valence-corrected chi connectivity index (χ4v) is 4.66. The van der Waals surface area contributed by atoms with Gasteiger partial charge in [-0.2, -0.15) is 0 Å². The highest BCUT2D eigenvalue weighted by Gasteiger charge is 2.31. The zero-order valence-corrected chi connectivity index (χ0v) is 21.9. The summed E-state index contributed by atoms with van der Waals surface area (Å²) in [7, 11) is 0. The molecule has 3 aromatic rings. The smallest absolute Gasteiger partial charge is 0.338 e. The Balaban J connectivity index is 1.46. The molecular weight excluding hydrogens is 542 g/mol. The summed E-state index contributed by atoms with van der Waals surface area (Å²) in [5.41, 5.74) is 3.02. The summed E-state index contributed by atoms with van der Waals surface area (Å²) in [6, 6.07) is 22.4. The van der Waals surface area contributed by atoms with Crippen molar-refractivity contribution < 1.29 is 23.9 Å². The molecule has 1 heterocycles. The predicted molar refractivity (Wildman–Crippen MR) is 145 cm³/mol. The number of esters is 1. The van der Waals surface area contributed by atoms with Gasteiger partial charge in [0.25, 0.3) is 5.24 Å². The zero-order chi connectivity index (χ0) is 25.5. The van der Waals surface area contributed by atoms with Gasteiger partial charge in [-0.15, -0.1) is 0 Å². The molecule has 1 aliphatic heterocycles. The van der Waals surface area contributed by atoms with E-state index in [1.807, 2.05) is 73.7 Å². The molecule has 6 nitrogen and oxygen atoms in total. The molecule has 0 spiro atoms. The number of carbonyl (C=O) groups excluding carboxylic acids is 3. The zero-order valence-electron chi connectivity index (χ0n) is 19.5. The predicted octanol–water partition coefficient (Wildman–Crippen LogP) is 6.63. The third kappa shape index (κ3) is 6.86. The van der Waals surface area contributed by atoms with Crippen molar-refractivity contribution in [2.45, 2.75) is 25.0 Å². The number of imide groups is 1. The molecular formula is C28H24BrNO5S. The van der Waals surface area contributed by atoms with Crippen molar-refractivity contribution >= 4 is 56.5 Å². The summed E-state index contributed by atoms with van der Waals surface area (Å²) < 4.78 is 12.3. The van der Waals surface area contributed by atoms with Crippen LogP contribution in [0.1, 0.15) is 30.0 Å². The van der Waals surface area contributed by atoms with Gasteiger partial charge in [-0.3, -0.25) is 14.9 Å². The van der Waals surface area contributed by atoms with Crippen molar-refractivity contribution in [2.24, 2.45) is 0 Å². The van der Waals surface area contributed by atoms with E-state index in [1.54, 1.807) is 12.1 Å². The van der Waals surface area contributed by atoms with E-state index in [1.165, 1.54) is 0 Å². The van der Waals surface area contributed by atoms with Crippen molar-refractivity contribution in [1.82, 2.24) is 5.32 Å². The Kier molecular flexibility index (Phi) is 8.61. The summed E-state index contributed by atoms with van der Waals surface area (Å²) >= 11 is 4.44. The molecule has 1 saturated heterocycles. The van der Waals surface area contributed by atoms with Crippen molar-refractivity contribution in [3.63, 3.8) is 0 Å². The molecule has 0 radical (unpaired) electrons. The molecule has 1 N–H and O–H groups in total. The Hall–Kier alpha value is -3.36. The number of rotatable bonds is 9. The van der Waals surface area contributed by atoms with E-state index in [-0.39, 0.29) is 17.1 Å². The van der Waals surface area contributed by atoms with Gasteiger partial charge in [-0.1, -0.05) is 71.0 Å². The van der Waals surface area contributed by atoms with Gasteiger partial charge < -0.3 is 9.47 Å². The van der Waals surface area contributed by atoms with Crippen molar-refractivity contribution in [2.75, 3.05) is 6.61 Å². The highest BCUT2D eigenvalue weighted by atomic mass is 79.9. The SMILES string of the molecule is CCCOC(=O)/C(=C/c1ccc(Br)cc1)c1ccc(Oc2ccc(CC3SC(=O)NC3=O)cc2)cc1. The minimum atomic E-state index is -0.402. The van der Waals surface area contributed by atoms with Crippen LogP contribution in [0, 0.1) is 0 Å². The topological polar surface area (TPSA) is 81.7 Å². The molecule has 184 valence electrons. The molecule has 0 aromatic heterocycles. The second-order valence-electron chi connectivity index (χ2n) is 8.10. The first-order valence-electron chi connectivity index (χ1n) is 11.4. The summed E-state index contributed by atoms with van der Waals surface area (Å²) in [6.45, 7) is 2.31. The molecule has 0 aliphatic carbocycles. The van der Waals surface area contributed by atoms with E-state index < -0.39 is 5.25 Å². The normalized spacial score (nSPS) is 15.5. The average molecular weight is 566 g/mol. The number of nitrogens with one attached hydrogen (secondary N) is 1. The Morgan fingerprint density at radius 1 is 0.972 bits per heavy atom. The van der Waals surface area contributed by atoms with Crippen LogP contribution in [-0.4, -0.2) is 29.0 Å². The Morgan fingerprint density at radius 2 is 1.61 bits per heavy atom. The second-order valence-corrected chi connectivity index (χ2v) is 10.2. The van der Waals surface area contributed by atoms with E-state index in [4.69, 9.17) is 9.47 Å². The lowest BCUT2D eigenvalue weighted by atomic mass is 10.0. The van der Waals surface area contributed by atoms with Crippen LogP contribution in [0.2, 0.25) is 0 Å². The van der Waals surface area contributed by atoms with Gasteiger partial charge in [-0.05, 0) is 72.0 Å². The number of halogens is 1. The minimum absolute atomic E-state index is 0.252. The molecule has 3 aromatic carbocycles. The van der Waals surface area contributed by atoms with E-state index in [2.05, 4.69) is 21.2 Å². The summed E-state index contributed by atoms with van der Waals surface area (Å²) in [6.07, 6.45) is 3.03. The molecule has 0 saturated carbocycles. The third-order valence-electron chi connectivity index (χ3n) is 5.35. The highest BCUT2D eigenvalue weighted by molar-refractivity contribution is 9.10. The van der Waals surface area contributed by atoms with Crippen molar-refractivity contribution in [3.8, 4) is 11.5 Å². The van der Waals surface area contributed by atoms with Gasteiger partial charge in [0, 0.05) is 4.47 Å². The van der Waals surface area contributed by atoms with Crippen LogP contribution >= 0.6 is 27.7 Å². The summed E-state index contributed by atoms with van der Waals surface area (Å²) in [5, 5.41) is 1.60. The van der Waals surface area contributed by atoms with E-state index >= 15 is 0 Å². The average Bonchev–Trinajstić information content (AvgIpc) is 3.20. The van der Waals surface area contributed by atoms with Crippen molar-refractivity contribution in [3.05, 3.63) is 94.0 Å². The Labute approximate surface area is 222 Å². The van der Waals surface area contributed by atoms with Gasteiger partial charge in [0.1, 0.15) is 11.5 Å². The highest BCUT2D eigenvalue weighted by Crippen LogP contribution is 2.28. The first-order chi connectivity index (χ1) is 17.4. The van der Waals surface area contributed by atoms with Gasteiger partial charge in [0.2, 0.25) is 5.91 Å². The lowest BCUT2D eigenvalue weighted by Gasteiger charge is -2.11. The quantitative estimate of drug-likeness (QED) is 0.178. The molecule has 2 amide bonds. The Bertz CT molecular complexity index is 1270. The van der Waals surface area contributed by atoms with E-state index in [9.17, 15) is 14.4 Å². The maximum atomic E-state index is 12.8. The molecule has 1 aliphatic rings. The first-order valence-corrected chi connectivity index (χ1v) is 13.1. The van der Waals surface area contributed by atoms with Crippen LogP contribution < -0.4 is 10.1 Å². The summed E-state index contributed by atoms with van der Waals surface area (Å²) in [4.78, 5) is 35.9. The molecule has 4 rings (SSSR count). The number of ether oxygens (including phenoxy) is 2. The van der Waals surface area contributed by atoms with E-state index in [0.717, 1.165) is 39.3 Å². The molecule has 1 fully saturated rings. The van der Waals surface area contributed by atoms with Crippen LogP contribution in [0.3, 0.4) is 0 Å². The van der Waals surface area contributed by atoms with Crippen LogP contribution in [0.15, 0.2) is 77.3 Å². The van der Waals surface area contributed by atoms with Gasteiger partial charge >= 0.3 is 5.97 Å². The molecule has 1 atom stereocenters. The number of carbonyl (C=O) groups is 3. The number of hydrogen-bond donors (Lipinski definition) is 1.